The minimum absolute atomic E-state index is 0. The maximum absolute atomic E-state index is 10.4. The van der Waals surface area contributed by atoms with Gasteiger partial charge in [-0.05, 0) is 61.9 Å². The van der Waals surface area contributed by atoms with E-state index in [1.807, 2.05) is 0 Å². The molecule has 2 aliphatic carbocycles. The van der Waals surface area contributed by atoms with Gasteiger partial charge in [0.25, 0.3) is 0 Å². The molecule has 1 saturated heterocycles. The normalized spacial score (nSPS) is 38.1. The van der Waals surface area contributed by atoms with E-state index in [1.54, 1.807) is 0 Å². The van der Waals surface area contributed by atoms with Gasteiger partial charge in [0.2, 0.25) is 0 Å². The van der Waals surface area contributed by atoms with Crippen LogP contribution in [-0.2, 0) is 4.74 Å². The molecule has 0 aromatic heterocycles. The molecular weight excluding hydrogens is 310 g/mol. The van der Waals surface area contributed by atoms with Crippen LogP contribution >= 0.6 is 12.4 Å². The molecular formula is C19H36ClNO2. The van der Waals surface area contributed by atoms with Crippen LogP contribution in [0.25, 0.3) is 0 Å². The topological polar surface area (TPSA) is 32.7 Å². The third kappa shape index (κ3) is 3.73. The van der Waals surface area contributed by atoms with Gasteiger partial charge in [0.05, 0.1) is 18.8 Å². The third-order valence-electron chi connectivity index (χ3n) is 7.37. The zero-order chi connectivity index (χ0) is 15.8. The summed E-state index contributed by atoms with van der Waals surface area (Å²) in [5, 5.41) is 10.4. The molecule has 3 aliphatic rings. The van der Waals surface area contributed by atoms with Crippen LogP contribution in [0, 0.1) is 16.7 Å². The molecule has 136 valence electrons. The highest BCUT2D eigenvalue weighted by atomic mass is 35.5. The minimum atomic E-state index is -0.330. The smallest absolute Gasteiger partial charge is 0.0900 e. The zero-order valence-electron chi connectivity index (χ0n) is 15.2. The average molecular weight is 346 g/mol. The van der Waals surface area contributed by atoms with Crippen molar-refractivity contribution in [2.24, 2.45) is 16.7 Å². The van der Waals surface area contributed by atoms with Gasteiger partial charge in [0.1, 0.15) is 0 Å². The number of aliphatic hydroxyl groups is 1. The first-order chi connectivity index (χ1) is 10.4. The van der Waals surface area contributed by atoms with E-state index in [4.69, 9.17) is 4.74 Å². The van der Waals surface area contributed by atoms with Crippen LogP contribution in [0.2, 0.25) is 0 Å². The van der Waals surface area contributed by atoms with Gasteiger partial charge < -0.3 is 14.7 Å². The Labute approximate surface area is 148 Å². The average Bonchev–Trinajstić information content (AvgIpc) is 2.74. The third-order valence-corrected chi connectivity index (χ3v) is 7.37. The summed E-state index contributed by atoms with van der Waals surface area (Å²) in [6.07, 6.45) is 9.12. The first-order valence-electron chi connectivity index (χ1n) is 9.45. The summed E-state index contributed by atoms with van der Waals surface area (Å²) in [4.78, 5) is 2.42. The van der Waals surface area contributed by atoms with Gasteiger partial charge in [-0.15, -0.1) is 12.4 Å². The van der Waals surface area contributed by atoms with Gasteiger partial charge in [0, 0.05) is 6.54 Å². The molecule has 1 aliphatic heterocycles. The molecule has 0 spiro atoms. The number of nitrogens with zero attached hydrogens (tertiary/aromatic N) is 1. The van der Waals surface area contributed by atoms with Gasteiger partial charge in [-0.1, -0.05) is 33.6 Å². The first-order valence-corrected chi connectivity index (χ1v) is 9.45. The summed E-state index contributed by atoms with van der Waals surface area (Å²) >= 11 is 0. The van der Waals surface area contributed by atoms with Crippen LogP contribution in [0.3, 0.4) is 0 Å². The molecule has 0 amide bonds. The Hall–Kier alpha value is 0.170. The Kier molecular flexibility index (Phi) is 6.44. The van der Waals surface area contributed by atoms with Crippen molar-refractivity contribution < 1.29 is 9.84 Å². The molecule has 3 nitrogen and oxygen atoms in total. The number of ether oxygens (including phenoxy) is 1. The van der Waals surface area contributed by atoms with E-state index in [1.165, 1.54) is 44.9 Å². The Bertz CT molecular complexity index is 382. The Morgan fingerprint density at radius 2 is 1.78 bits per heavy atom. The van der Waals surface area contributed by atoms with Crippen LogP contribution < -0.4 is 0 Å². The second-order valence-electron chi connectivity index (χ2n) is 8.80. The van der Waals surface area contributed by atoms with Crippen molar-refractivity contribution in [1.82, 2.24) is 4.90 Å². The van der Waals surface area contributed by atoms with E-state index in [0.29, 0.717) is 23.5 Å². The van der Waals surface area contributed by atoms with Crippen LogP contribution in [0.15, 0.2) is 0 Å². The van der Waals surface area contributed by atoms with Crippen LogP contribution in [0.5, 0.6) is 0 Å². The molecule has 2 saturated carbocycles. The second-order valence-corrected chi connectivity index (χ2v) is 8.80. The molecule has 4 atom stereocenters. The molecule has 3 rings (SSSR count). The fourth-order valence-corrected chi connectivity index (χ4v) is 5.28. The van der Waals surface area contributed by atoms with E-state index in [0.717, 1.165) is 25.6 Å². The Morgan fingerprint density at radius 1 is 1.13 bits per heavy atom. The summed E-state index contributed by atoms with van der Waals surface area (Å²) in [5.41, 5.74) is 0.702. The van der Waals surface area contributed by atoms with Crippen LogP contribution in [0.4, 0.5) is 0 Å². The molecule has 1 N–H and O–H groups in total. The Balaban J connectivity index is 0.00000192. The molecule has 1 heterocycles. The van der Waals surface area contributed by atoms with Crippen molar-refractivity contribution in [2.75, 3.05) is 26.2 Å². The van der Waals surface area contributed by atoms with Crippen molar-refractivity contribution >= 4 is 12.4 Å². The SMILES string of the molecule is CC1(C)C2CCC1(C)C(OCC(O)CN1CCCCCC1)C2.Cl. The number of hydrogen-bond acceptors (Lipinski definition) is 3. The molecule has 3 fully saturated rings. The van der Waals surface area contributed by atoms with Gasteiger partial charge in [0.15, 0.2) is 0 Å². The van der Waals surface area contributed by atoms with Crippen molar-refractivity contribution in [1.29, 1.82) is 0 Å². The van der Waals surface area contributed by atoms with Gasteiger partial charge in [-0.2, -0.15) is 0 Å². The predicted octanol–water partition coefficient (Wildman–Crippen LogP) is 3.88. The standard InChI is InChI=1S/C19H35NO2.ClH/c1-18(2)15-8-9-19(18,3)17(12-15)22-14-16(21)13-20-10-6-4-5-7-11-20;/h15-17,21H,4-14H2,1-3H3;1H. The maximum Gasteiger partial charge on any atom is 0.0900 e. The van der Waals surface area contributed by atoms with E-state index in [9.17, 15) is 5.11 Å². The van der Waals surface area contributed by atoms with Crippen LogP contribution in [-0.4, -0.2) is 48.5 Å². The fourth-order valence-electron chi connectivity index (χ4n) is 5.28. The largest absolute Gasteiger partial charge is 0.389 e. The lowest BCUT2D eigenvalue weighted by molar-refractivity contribution is -0.0791. The summed E-state index contributed by atoms with van der Waals surface area (Å²) in [6, 6.07) is 0. The second kappa shape index (κ2) is 7.59. The number of β-amino-alcohol motifs (C(OH)–C–C–N with tert-alkyl or cyclic N) is 1. The highest BCUT2D eigenvalue weighted by Crippen LogP contribution is 2.66. The number of rotatable bonds is 5. The first kappa shape index (κ1) is 19.5. The summed E-state index contributed by atoms with van der Waals surface area (Å²) in [7, 11) is 0. The van der Waals surface area contributed by atoms with Gasteiger partial charge in [-0.3, -0.25) is 0 Å². The quantitative estimate of drug-likeness (QED) is 0.820. The lowest BCUT2D eigenvalue weighted by Crippen LogP contribution is -2.40. The molecule has 4 heteroatoms. The van der Waals surface area contributed by atoms with E-state index in [-0.39, 0.29) is 18.5 Å². The lowest BCUT2D eigenvalue weighted by atomic mass is 9.70. The highest BCUT2D eigenvalue weighted by Gasteiger charge is 2.61. The molecule has 2 bridgehead atoms. The molecule has 0 aromatic carbocycles. The van der Waals surface area contributed by atoms with Crippen LogP contribution in [0.1, 0.15) is 65.7 Å². The number of hydrogen-bond donors (Lipinski definition) is 1. The molecule has 23 heavy (non-hydrogen) atoms. The molecule has 0 radical (unpaired) electrons. The maximum atomic E-state index is 10.4. The van der Waals surface area contributed by atoms with Crippen molar-refractivity contribution in [2.45, 2.75) is 77.9 Å². The Morgan fingerprint density at radius 3 is 2.30 bits per heavy atom. The van der Waals surface area contributed by atoms with E-state index < -0.39 is 0 Å². The van der Waals surface area contributed by atoms with Crippen molar-refractivity contribution in [3.63, 3.8) is 0 Å². The predicted molar refractivity (Wildman–Crippen MR) is 97.1 cm³/mol. The number of aliphatic hydroxyl groups excluding tert-OH is 1. The fraction of sp³-hybridized carbons (Fsp3) is 1.00. The minimum Gasteiger partial charge on any atom is -0.389 e. The monoisotopic (exact) mass is 345 g/mol. The van der Waals surface area contributed by atoms with Crippen molar-refractivity contribution in [3.8, 4) is 0 Å². The highest BCUT2D eigenvalue weighted by molar-refractivity contribution is 5.85. The molecule has 0 aromatic rings. The van der Waals surface area contributed by atoms with Crippen molar-refractivity contribution in [3.05, 3.63) is 0 Å². The summed E-state index contributed by atoms with van der Waals surface area (Å²) in [5.74, 6) is 0.810. The molecule has 4 unspecified atom stereocenters. The van der Waals surface area contributed by atoms with Gasteiger partial charge in [-0.25, -0.2) is 0 Å². The summed E-state index contributed by atoms with van der Waals surface area (Å²) in [6.45, 7) is 10.8. The van der Waals surface area contributed by atoms with E-state index in [2.05, 4.69) is 25.7 Å². The lowest BCUT2D eigenvalue weighted by Gasteiger charge is -2.39. The summed E-state index contributed by atoms with van der Waals surface area (Å²) < 4.78 is 6.23. The van der Waals surface area contributed by atoms with E-state index >= 15 is 0 Å². The van der Waals surface area contributed by atoms with Gasteiger partial charge >= 0.3 is 0 Å². The number of likely N-dealkylation sites (tertiary alicyclic amines) is 1. The number of halogens is 1. The number of fused-ring (bicyclic) bond motifs is 2. The zero-order valence-corrected chi connectivity index (χ0v) is 16.0.